The van der Waals surface area contributed by atoms with E-state index in [2.05, 4.69) is 0 Å². The number of phenolic OH excluding ortho intramolecular Hbond substituents is 1. The molecule has 1 N–H and O–H groups in total. The van der Waals surface area contributed by atoms with Crippen molar-refractivity contribution in [2.24, 2.45) is 0 Å². The van der Waals surface area contributed by atoms with E-state index in [0.717, 1.165) is 16.7 Å². The number of hydrogen-bond acceptors (Lipinski definition) is 6. The first kappa shape index (κ1) is 21.5. The lowest BCUT2D eigenvalue weighted by Gasteiger charge is -2.56. The number of nitrogens with zero attached hydrogens (tertiary/aromatic N) is 2. The van der Waals surface area contributed by atoms with Crippen LogP contribution in [0.3, 0.4) is 0 Å². The largest absolute Gasteiger partial charge is 0.632 e. The maximum atomic E-state index is 14.7. The first-order valence-corrected chi connectivity index (χ1v) is 11.6. The maximum absolute atomic E-state index is 14.7. The number of amides is 1. The fraction of sp³-hybridized carbons (Fsp3) is 0.423. The Morgan fingerprint density at radius 3 is 2.71 bits per heavy atom. The molecule has 1 spiro atoms. The highest BCUT2D eigenvalue weighted by Gasteiger charge is 2.67. The summed E-state index contributed by atoms with van der Waals surface area (Å²) in [5.41, 5.74) is 2.05. The molecule has 6 rings (SSSR count). The van der Waals surface area contributed by atoms with Crippen LogP contribution in [0, 0.1) is 5.21 Å². The van der Waals surface area contributed by atoms with Crippen LogP contribution in [-0.4, -0.2) is 66.2 Å². The molecule has 0 saturated carbocycles. The Morgan fingerprint density at radius 1 is 1.24 bits per heavy atom. The van der Waals surface area contributed by atoms with E-state index in [1.807, 2.05) is 36.4 Å². The molecular weight excluding hydrogens is 436 g/mol. The van der Waals surface area contributed by atoms with E-state index in [0.29, 0.717) is 24.3 Å². The van der Waals surface area contributed by atoms with Crippen molar-refractivity contribution >= 4 is 5.91 Å². The highest BCUT2D eigenvalue weighted by Crippen LogP contribution is 2.56. The van der Waals surface area contributed by atoms with Gasteiger partial charge in [0.25, 0.3) is 5.91 Å². The molecule has 8 heteroatoms. The Kier molecular flexibility index (Phi) is 4.71. The Hall–Kier alpha value is -3.07. The minimum Gasteiger partial charge on any atom is -0.632 e. The Balaban J connectivity index is 1.49. The quantitative estimate of drug-likeness (QED) is 0.425. The van der Waals surface area contributed by atoms with Gasteiger partial charge in [-0.15, -0.1) is 0 Å². The zero-order valence-corrected chi connectivity index (χ0v) is 19.3. The number of likely N-dealkylation sites (N-methyl/N-ethyl adjacent to an activating group) is 1. The van der Waals surface area contributed by atoms with Crippen molar-refractivity contribution in [2.75, 3.05) is 27.5 Å². The number of rotatable bonds is 4. The normalized spacial score (nSPS) is 33.0. The molecule has 3 heterocycles. The Bertz CT molecular complexity index is 1180. The summed E-state index contributed by atoms with van der Waals surface area (Å²) < 4.78 is 16.3. The average Bonchev–Trinajstić information content (AvgIpc) is 3.38. The first-order valence-electron chi connectivity index (χ1n) is 11.6. The maximum Gasteiger partial charge on any atom is 0.282 e. The molecule has 3 aliphatic heterocycles. The number of quaternary nitrogens is 1. The highest BCUT2D eigenvalue weighted by atomic mass is 16.7. The standard InChI is InChI=1S/C26H28N2O6/c1-27-23-12-19(32-2)7-9-26(23)20-13-22-21(33-15-34-22)11-17(20)14-28(31,24(26)25(27)30)10-8-16-3-5-18(29)6-4-16/h3-7,9,11,13,19,23-24,29H,8,10,12,14-15H2,1-2H3/t19-,23+,24-,26+,28+/m1/s1. The third kappa shape index (κ3) is 2.92. The Morgan fingerprint density at radius 2 is 1.97 bits per heavy atom. The summed E-state index contributed by atoms with van der Waals surface area (Å²) in [6, 6.07) is 9.80. The number of carbonyl (C=O) groups excluding carboxylic acids is 1. The number of methoxy groups -OCH3 is 1. The summed E-state index contributed by atoms with van der Waals surface area (Å²) in [6.45, 7) is 0.583. The van der Waals surface area contributed by atoms with Gasteiger partial charge in [-0.3, -0.25) is 4.79 Å². The SMILES string of the molecule is CO[C@@H]1C=C[C@@]23c4cc5c(cc4C[N@@+]([O-])(CCc4ccc(O)cc4)[C@@H]2C(=O)N(C)[C@H]3C1)OCO5. The van der Waals surface area contributed by atoms with E-state index >= 15 is 0 Å². The minimum absolute atomic E-state index is 0.116. The fourth-order valence-electron chi connectivity index (χ4n) is 6.44. The van der Waals surface area contributed by atoms with E-state index in [1.54, 1.807) is 31.2 Å². The van der Waals surface area contributed by atoms with Crippen molar-refractivity contribution in [1.29, 1.82) is 0 Å². The zero-order valence-electron chi connectivity index (χ0n) is 19.3. The van der Waals surface area contributed by atoms with Crippen molar-refractivity contribution in [3.8, 4) is 17.2 Å². The molecular formula is C26H28N2O6. The lowest BCUT2D eigenvalue weighted by molar-refractivity contribution is -0.914. The summed E-state index contributed by atoms with van der Waals surface area (Å²) in [6.07, 6.45) is 5.06. The number of hydrogen-bond donors (Lipinski definition) is 1. The van der Waals surface area contributed by atoms with Crippen LogP contribution in [0.5, 0.6) is 17.2 Å². The van der Waals surface area contributed by atoms with Gasteiger partial charge < -0.3 is 34.1 Å². The molecule has 2 aromatic carbocycles. The van der Waals surface area contributed by atoms with Crippen molar-refractivity contribution < 1.29 is 28.8 Å². The number of carbonyl (C=O) groups is 1. The molecule has 0 bridgehead atoms. The zero-order chi connectivity index (χ0) is 23.7. The number of phenols is 1. The van der Waals surface area contributed by atoms with Gasteiger partial charge in [0.05, 0.1) is 24.1 Å². The van der Waals surface area contributed by atoms with Gasteiger partial charge in [0.2, 0.25) is 6.79 Å². The molecule has 2 aromatic rings. The highest BCUT2D eigenvalue weighted by molar-refractivity contribution is 5.88. The first-order chi connectivity index (χ1) is 16.4. The van der Waals surface area contributed by atoms with E-state index in [1.165, 1.54) is 0 Å². The monoisotopic (exact) mass is 464 g/mol. The number of fused-ring (bicyclic) bond motifs is 2. The summed E-state index contributed by atoms with van der Waals surface area (Å²) in [7, 11) is 3.47. The number of hydroxylamine groups is 3. The van der Waals surface area contributed by atoms with Crippen molar-refractivity contribution in [1.82, 2.24) is 4.90 Å². The fourth-order valence-corrected chi connectivity index (χ4v) is 6.44. The molecule has 0 aromatic heterocycles. The molecule has 34 heavy (non-hydrogen) atoms. The van der Waals surface area contributed by atoms with Gasteiger partial charge in [-0.1, -0.05) is 24.3 Å². The van der Waals surface area contributed by atoms with Gasteiger partial charge in [-0.25, -0.2) is 0 Å². The van der Waals surface area contributed by atoms with E-state index in [4.69, 9.17) is 14.2 Å². The third-order valence-electron chi connectivity index (χ3n) is 8.09. The molecule has 1 amide bonds. The summed E-state index contributed by atoms with van der Waals surface area (Å²) in [5, 5.41) is 24.3. The number of likely N-dealkylation sites (tertiary alicyclic amines) is 1. The molecule has 0 unspecified atom stereocenters. The Labute approximate surface area is 198 Å². The summed E-state index contributed by atoms with van der Waals surface area (Å²) in [5.74, 6) is 1.36. The van der Waals surface area contributed by atoms with Crippen LogP contribution in [0.2, 0.25) is 0 Å². The summed E-state index contributed by atoms with van der Waals surface area (Å²) in [4.78, 5) is 15.5. The van der Waals surface area contributed by atoms with Crippen molar-refractivity contribution in [2.45, 2.75) is 43.0 Å². The van der Waals surface area contributed by atoms with Crippen LogP contribution in [0.1, 0.15) is 23.1 Å². The van der Waals surface area contributed by atoms with Crippen LogP contribution in [-0.2, 0) is 27.9 Å². The van der Waals surface area contributed by atoms with Crippen LogP contribution >= 0.6 is 0 Å². The molecule has 5 atom stereocenters. The minimum atomic E-state index is -0.790. The topological polar surface area (TPSA) is 91.3 Å². The molecule has 178 valence electrons. The van der Waals surface area contributed by atoms with Crippen molar-refractivity contribution in [3.63, 3.8) is 0 Å². The van der Waals surface area contributed by atoms with Gasteiger partial charge in [0, 0.05) is 26.1 Å². The number of benzene rings is 2. The number of ether oxygens (including phenoxy) is 3. The van der Waals surface area contributed by atoms with Gasteiger partial charge in [0.1, 0.15) is 12.3 Å². The lowest BCUT2D eigenvalue weighted by atomic mass is 9.63. The van der Waals surface area contributed by atoms with E-state index in [9.17, 15) is 15.1 Å². The van der Waals surface area contributed by atoms with Gasteiger partial charge in [-0.05, 0) is 41.8 Å². The van der Waals surface area contributed by atoms with Gasteiger partial charge >= 0.3 is 0 Å². The molecule has 0 radical (unpaired) electrons. The predicted octanol–water partition coefficient (Wildman–Crippen LogP) is 2.61. The van der Waals surface area contributed by atoms with E-state index in [-0.39, 0.29) is 43.7 Å². The van der Waals surface area contributed by atoms with E-state index < -0.39 is 16.1 Å². The van der Waals surface area contributed by atoms with Crippen molar-refractivity contribution in [3.05, 3.63) is 70.4 Å². The second-order valence-electron chi connectivity index (χ2n) is 9.78. The lowest BCUT2D eigenvalue weighted by Crippen LogP contribution is -2.65. The molecule has 4 aliphatic rings. The molecule has 1 saturated heterocycles. The molecule has 1 aliphatic carbocycles. The van der Waals surface area contributed by atoms with Crippen LogP contribution in [0.15, 0.2) is 48.6 Å². The molecule has 8 nitrogen and oxygen atoms in total. The van der Waals surface area contributed by atoms with Gasteiger partial charge in [0.15, 0.2) is 17.5 Å². The second kappa shape index (κ2) is 7.46. The average molecular weight is 465 g/mol. The predicted molar refractivity (Wildman–Crippen MR) is 123 cm³/mol. The van der Waals surface area contributed by atoms with Crippen LogP contribution in [0.25, 0.3) is 0 Å². The third-order valence-corrected chi connectivity index (χ3v) is 8.09. The second-order valence-corrected chi connectivity index (χ2v) is 9.78. The molecule has 1 fully saturated rings. The smallest absolute Gasteiger partial charge is 0.282 e. The van der Waals surface area contributed by atoms with Crippen LogP contribution in [0.4, 0.5) is 0 Å². The van der Waals surface area contributed by atoms with Gasteiger partial charge in [-0.2, -0.15) is 0 Å². The van der Waals surface area contributed by atoms with Crippen LogP contribution < -0.4 is 9.47 Å². The number of aromatic hydroxyl groups is 1. The summed E-state index contributed by atoms with van der Waals surface area (Å²) >= 11 is 0.